The topological polar surface area (TPSA) is 59.5 Å². The summed E-state index contributed by atoms with van der Waals surface area (Å²) in [7, 11) is -3.57. The minimum absolute atomic E-state index is 0.0277. The number of pyridine rings is 1. The maximum Gasteiger partial charge on any atom is 0.417 e. The quantitative estimate of drug-likeness (QED) is 0.795. The van der Waals surface area contributed by atoms with E-state index in [0.29, 0.717) is 6.20 Å². The zero-order valence-corrected chi connectivity index (χ0v) is 14.2. The number of benzene rings is 1. The lowest BCUT2D eigenvalue weighted by Gasteiger charge is -2.36. The third-order valence-electron chi connectivity index (χ3n) is 3.76. The first-order chi connectivity index (χ1) is 12.2. The molecule has 1 aromatic carbocycles. The molecule has 1 saturated heterocycles. The van der Waals surface area contributed by atoms with E-state index in [-0.39, 0.29) is 19.0 Å². The second-order valence-electron chi connectivity index (χ2n) is 5.70. The maximum absolute atomic E-state index is 12.5. The van der Waals surface area contributed by atoms with Crippen LogP contribution < -0.4 is 4.74 Å². The highest BCUT2D eigenvalue weighted by Gasteiger charge is 2.36. The van der Waals surface area contributed by atoms with Crippen molar-refractivity contribution in [3.05, 3.63) is 65.2 Å². The third-order valence-corrected chi connectivity index (χ3v) is 5.26. The molecule has 1 aromatic heterocycles. The number of hydrogen-bond donors (Lipinski definition) is 0. The molecular weight excluding hydrogens is 369 g/mol. The highest BCUT2D eigenvalue weighted by molar-refractivity contribution is 7.92. The molecule has 1 aliphatic rings. The molecular formula is C17H15F3N2O3S. The lowest BCUT2D eigenvalue weighted by Crippen LogP contribution is -2.55. The highest BCUT2D eigenvalue weighted by Crippen LogP contribution is 2.29. The molecule has 1 fully saturated rings. The average Bonchev–Trinajstić information content (AvgIpc) is 2.56. The first-order valence-electron chi connectivity index (χ1n) is 7.67. The highest BCUT2D eigenvalue weighted by atomic mass is 32.2. The number of alkyl halides is 3. The monoisotopic (exact) mass is 384 g/mol. The Bertz CT molecular complexity index is 876. The molecule has 0 aliphatic carbocycles. The van der Waals surface area contributed by atoms with Gasteiger partial charge in [-0.15, -0.1) is 0 Å². The van der Waals surface area contributed by atoms with E-state index in [1.807, 2.05) is 6.07 Å². The summed E-state index contributed by atoms with van der Waals surface area (Å²) in [6, 6.07) is 11.0. The van der Waals surface area contributed by atoms with Crippen LogP contribution in [0.5, 0.6) is 5.88 Å². The molecule has 1 aliphatic heterocycles. The fourth-order valence-electron chi connectivity index (χ4n) is 2.29. The minimum Gasteiger partial charge on any atom is -0.472 e. The van der Waals surface area contributed by atoms with Gasteiger partial charge in [-0.3, -0.25) is 0 Å². The predicted octanol–water partition coefficient (Wildman–Crippen LogP) is 3.16. The van der Waals surface area contributed by atoms with E-state index in [0.717, 1.165) is 23.1 Å². The summed E-state index contributed by atoms with van der Waals surface area (Å²) in [4.78, 5) is 3.61. The molecule has 0 atom stereocenters. The second-order valence-corrected chi connectivity index (χ2v) is 7.52. The Morgan fingerprint density at radius 3 is 2.38 bits per heavy atom. The number of nitrogens with zero attached hydrogens (tertiary/aromatic N) is 2. The molecule has 0 amide bonds. The van der Waals surface area contributed by atoms with Crippen molar-refractivity contribution in [2.75, 3.05) is 13.1 Å². The van der Waals surface area contributed by atoms with Crippen molar-refractivity contribution in [2.24, 2.45) is 0 Å². The molecule has 2 heterocycles. The Hall–Kier alpha value is -2.39. The van der Waals surface area contributed by atoms with Gasteiger partial charge in [-0.25, -0.2) is 13.4 Å². The standard InChI is InChI=1S/C17H15F3N2O3S/c18-17(19,20)14-6-7-16(21-10-14)25-15-11-22(12-15)26(23,24)9-8-13-4-2-1-3-5-13/h1-10,15H,11-12H2/b9-8+. The van der Waals surface area contributed by atoms with E-state index in [9.17, 15) is 21.6 Å². The van der Waals surface area contributed by atoms with Crippen molar-refractivity contribution in [1.82, 2.24) is 9.29 Å². The zero-order valence-electron chi connectivity index (χ0n) is 13.4. The van der Waals surface area contributed by atoms with Crippen LogP contribution in [0.4, 0.5) is 13.2 Å². The maximum atomic E-state index is 12.5. The normalized spacial score (nSPS) is 16.6. The van der Waals surface area contributed by atoms with E-state index >= 15 is 0 Å². The smallest absolute Gasteiger partial charge is 0.417 e. The summed E-state index contributed by atoms with van der Waals surface area (Å²) in [5.74, 6) is 0.0277. The number of aromatic nitrogens is 1. The van der Waals surface area contributed by atoms with E-state index in [4.69, 9.17) is 4.74 Å². The molecule has 138 valence electrons. The lowest BCUT2D eigenvalue weighted by molar-refractivity contribution is -0.137. The molecule has 9 heteroatoms. The first kappa shape index (κ1) is 18.4. The van der Waals surface area contributed by atoms with E-state index in [1.54, 1.807) is 24.3 Å². The van der Waals surface area contributed by atoms with Crippen LogP contribution in [0.25, 0.3) is 6.08 Å². The summed E-state index contributed by atoms with van der Waals surface area (Å²) in [5.41, 5.74) is -0.105. The number of hydrogen-bond acceptors (Lipinski definition) is 4. The van der Waals surface area contributed by atoms with E-state index in [1.165, 1.54) is 10.4 Å². The van der Waals surface area contributed by atoms with Crippen LogP contribution in [0.15, 0.2) is 54.1 Å². The largest absolute Gasteiger partial charge is 0.472 e. The second kappa shape index (κ2) is 7.08. The molecule has 26 heavy (non-hydrogen) atoms. The van der Waals surface area contributed by atoms with E-state index < -0.39 is 27.9 Å². The molecule has 3 rings (SSSR count). The molecule has 5 nitrogen and oxygen atoms in total. The Morgan fingerprint density at radius 2 is 1.81 bits per heavy atom. The lowest BCUT2D eigenvalue weighted by atomic mass is 10.2. The molecule has 0 unspecified atom stereocenters. The van der Waals surface area contributed by atoms with Gasteiger partial charge >= 0.3 is 6.18 Å². The molecule has 0 spiro atoms. The Labute approximate surface area is 148 Å². The van der Waals surface area contributed by atoms with Crippen molar-refractivity contribution >= 4 is 16.1 Å². The summed E-state index contributed by atoms with van der Waals surface area (Å²) >= 11 is 0. The van der Waals surface area contributed by atoms with Gasteiger partial charge in [0, 0.05) is 17.7 Å². The minimum atomic E-state index is -4.46. The van der Waals surface area contributed by atoms with Crippen molar-refractivity contribution in [3.8, 4) is 5.88 Å². The summed E-state index contributed by atoms with van der Waals surface area (Å²) in [5, 5.41) is 1.12. The molecule has 2 aromatic rings. The van der Waals surface area contributed by atoms with Crippen LogP contribution in [0, 0.1) is 0 Å². The molecule has 0 bridgehead atoms. The Kier molecular flexibility index (Phi) is 5.01. The van der Waals surface area contributed by atoms with Crippen molar-refractivity contribution in [2.45, 2.75) is 12.3 Å². The number of rotatable bonds is 5. The number of halogens is 3. The van der Waals surface area contributed by atoms with Gasteiger partial charge in [-0.05, 0) is 17.7 Å². The van der Waals surface area contributed by atoms with Gasteiger partial charge in [0.25, 0.3) is 0 Å². The van der Waals surface area contributed by atoms with Gasteiger partial charge < -0.3 is 4.74 Å². The van der Waals surface area contributed by atoms with Gasteiger partial charge in [0.15, 0.2) is 0 Å². The fourth-order valence-corrected chi connectivity index (χ4v) is 3.54. The Morgan fingerprint density at radius 1 is 1.12 bits per heavy atom. The van der Waals surface area contributed by atoms with Crippen LogP contribution in [0.3, 0.4) is 0 Å². The average molecular weight is 384 g/mol. The van der Waals surface area contributed by atoms with Crippen molar-refractivity contribution < 1.29 is 26.3 Å². The summed E-state index contributed by atoms with van der Waals surface area (Å²) in [6.45, 7) is 0.230. The molecule has 0 saturated carbocycles. The number of sulfonamides is 1. The third kappa shape index (κ3) is 4.41. The van der Waals surface area contributed by atoms with Crippen LogP contribution in [0.1, 0.15) is 11.1 Å². The van der Waals surface area contributed by atoms with Crippen LogP contribution >= 0.6 is 0 Å². The molecule has 0 N–H and O–H groups in total. The van der Waals surface area contributed by atoms with Crippen LogP contribution in [-0.4, -0.2) is 36.9 Å². The fraction of sp³-hybridized carbons (Fsp3) is 0.235. The zero-order chi connectivity index (χ0) is 18.8. The van der Waals surface area contributed by atoms with Crippen molar-refractivity contribution in [1.29, 1.82) is 0 Å². The van der Waals surface area contributed by atoms with Gasteiger partial charge in [0.2, 0.25) is 15.9 Å². The predicted molar refractivity (Wildman–Crippen MR) is 89.6 cm³/mol. The molecule has 0 radical (unpaired) electrons. The first-order valence-corrected chi connectivity index (χ1v) is 9.17. The van der Waals surface area contributed by atoms with Gasteiger partial charge in [-0.1, -0.05) is 30.3 Å². The van der Waals surface area contributed by atoms with Crippen LogP contribution in [0.2, 0.25) is 0 Å². The summed E-state index contributed by atoms with van der Waals surface area (Å²) in [6.07, 6.45) is -2.72. The summed E-state index contributed by atoms with van der Waals surface area (Å²) < 4.78 is 68.4. The van der Waals surface area contributed by atoms with Gasteiger partial charge in [0.05, 0.1) is 18.7 Å². The van der Waals surface area contributed by atoms with E-state index in [2.05, 4.69) is 4.98 Å². The number of ether oxygens (including phenoxy) is 1. The van der Waals surface area contributed by atoms with Crippen molar-refractivity contribution in [3.63, 3.8) is 0 Å². The van der Waals surface area contributed by atoms with Gasteiger partial charge in [-0.2, -0.15) is 17.5 Å². The SMILES string of the molecule is O=S(=O)(/C=C/c1ccccc1)N1CC(Oc2ccc(C(F)(F)F)cn2)C1. The van der Waals surface area contributed by atoms with Crippen LogP contribution in [-0.2, 0) is 16.2 Å². The van der Waals surface area contributed by atoms with Gasteiger partial charge in [0.1, 0.15) is 6.10 Å². The Balaban J connectivity index is 1.54.